The van der Waals surface area contributed by atoms with E-state index in [1.54, 1.807) is 24.3 Å². The second-order valence-corrected chi connectivity index (χ2v) is 7.22. The Morgan fingerprint density at radius 1 is 1.24 bits per heavy atom. The van der Waals surface area contributed by atoms with Gasteiger partial charge in [0.1, 0.15) is 5.75 Å². The third-order valence-electron chi connectivity index (χ3n) is 3.85. The molecule has 8 heteroatoms. The normalized spacial score (nSPS) is 16.3. The summed E-state index contributed by atoms with van der Waals surface area (Å²) in [5.74, 6) is -0.0888. The highest BCUT2D eigenvalue weighted by Crippen LogP contribution is 2.36. The summed E-state index contributed by atoms with van der Waals surface area (Å²) < 4.78 is 32.9. The maximum Gasteiger partial charge on any atom is 0.264 e. The van der Waals surface area contributed by atoms with Crippen LogP contribution in [-0.4, -0.2) is 34.0 Å². The minimum atomic E-state index is -3.91. The number of nitriles is 1. The van der Waals surface area contributed by atoms with Crippen molar-refractivity contribution in [2.24, 2.45) is 0 Å². The van der Waals surface area contributed by atoms with Gasteiger partial charge >= 0.3 is 0 Å². The van der Waals surface area contributed by atoms with Crippen molar-refractivity contribution in [3.05, 3.63) is 54.1 Å². The van der Waals surface area contributed by atoms with Crippen molar-refractivity contribution in [1.82, 2.24) is 5.32 Å². The molecule has 0 fully saturated rings. The van der Waals surface area contributed by atoms with Crippen molar-refractivity contribution in [2.45, 2.75) is 11.0 Å². The summed E-state index contributed by atoms with van der Waals surface area (Å²) in [4.78, 5) is 12.0. The van der Waals surface area contributed by atoms with E-state index in [0.29, 0.717) is 17.0 Å². The van der Waals surface area contributed by atoms with Gasteiger partial charge in [-0.05, 0) is 36.4 Å². The summed E-state index contributed by atoms with van der Waals surface area (Å²) in [7, 11) is -2.45. The molecule has 2 aromatic carbocycles. The van der Waals surface area contributed by atoms with Gasteiger partial charge in [0, 0.05) is 7.05 Å². The van der Waals surface area contributed by atoms with Crippen LogP contribution in [0.1, 0.15) is 5.56 Å². The monoisotopic (exact) mass is 357 g/mol. The van der Waals surface area contributed by atoms with Crippen LogP contribution in [0.5, 0.6) is 5.75 Å². The second kappa shape index (κ2) is 6.45. The highest BCUT2D eigenvalue weighted by Gasteiger charge is 2.37. The highest BCUT2D eigenvalue weighted by molar-refractivity contribution is 7.92. The molecule has 128 valence electrons. The molecule has 0 aliphatic carbocycles. The van der Waals surface area contributed by atoms with Crippen molar-refractivity contribution in [3.63, 3.8) is 0 Å². The third-order valence-corrected chi connectivity index (χ3v) is 5.64. The van der Waals surface area contributed by atoms with Crippen LogP contribution in [0.2, 0.25) is 0 Å². The first kappa shape index (κ1) is 16.8. The van der Waals surface area contributed by atoms with E-state index < -0.39 is 22.0 Å². The molecule has 1 aliphatic rings. The van der Waals surface area contributed by atoms with E-state index in [-0.39, 0.29) is 11.4 Å². The molecule has 25 heavy (non-hydrogen) atoms. The number of benzene rings is 2. The molecule has 1 N–H and O–H groups in total. The number of ether oxygens (including phenoxy) is 1. The molecular formula is C17H15N3O4S. The SMILES string of the molecule is CNC(=O)C1CN(S(=O)(=O)c2ccc(C#N)cc2)c2ccccc2O1. The van der Waals surface area contributed by atoms with Crippen molar-refractivity contribution >= 4 is 21.6 Å². The number of anilines is 1. The quantitative estimate of drug-likeness (QED) is 0.891. The van der Waals surface area contributed by atoms with E-state index in [1.165, 1.54) is 31.3 Å². The Balaban J connectivity index is 2.06. The average molecular weight is 357 g/mol. The first-order valence-corrected chi connectivity index (χ1v) is 8.91. The van der Waals surface area contributed by atoms with Gasteiger partial charge < -0.3 is 10.1 Å². The van der Waals surface area contributed by atoms with Crippen LogP contribution in [0.25, 0.3) is 0 Å². The summed E-state index contributed by atoms with van der Waals surface area (Å²) in [6, 6.07) is 14.2. The molecule has 1 unspecified atom stereocenters. The molecule has 0 aromatic heterocycles. The van der Waals surface area contributed by atoms with Gasteiger partial charge in [-0.25, -0.2) is 8.42 Å². The minimum Gasteiger partial charge on any atom is -0.476 e. The van der Waals surface area contributed by atoms with Crippen LogP contribution >= 0.6 is 0 Å². The molecule has 2 aromatic rings. The molecule has 0 spiro atoms. The zero-order valence-electron chi connectivity index (χ0n) is 13.3. The van der Waals surface area contributed by atoms with Gasteiger partial charge in [-0.1, -0.05) is 12.1 Å². The molecular weight excluding hydrogens is 342 g/mol. The van der Waals surface area contributed by atoms with Crippen LogP contribution in [0.4, 0.5) is 5.69 Å². The zero-order valence-corrected chi connectivity index (χ0v) is 14.2. The van der Waals surface area contributed by atoms with Crippen molar-refractivity contribution in [2.75, 3.05) is 17.9 Å². The lowest BCUT2D eigenvalue weighted by Crippen LogP contribution is -2.50. The van der Waals surface area contributed by atoms with Crippen LogP contribution in [0, 0.1) is 11.3 Å². The fourth-order valence-electron chi connectivity index (χ4n) is 2.56. The summed E-state index contributed by atoms with van der Waals surface area (Å²) in [5, 5.41) is 11.3. The van der Waals surface area contributed by atoms with Gasteiger partial charge in [0.15, 0.2) is 6.10 Å². The van der Waals surface area contributed by atoms with Crippen LogP contribution in [-0.2, 0) is 14.8 Å². The molecule has 0 radical (unpaired) electrons. The third kappa shape index (κ3) is 3.02. The number of para-hydroxylation sites is 2. The van der Waals surface area contributed by atoms with Crippen LogP contribution in [0.3, 0.4) is 0 Å². The van der Waals surface area contributed by atoms with E-state index in [1.807, 2.05) is 6.07 Å². The maximum atomic E-state index is 13.1. The minimum absolute atomic E-state index is 0.0406. The molecule has 1 atom stereocenters. The smallest absolute Gasteiger partial charge is 0.264 e. The number of carbonyl (C=O) groups is 1. The fraction of sp³-hybridized carbons (Fsp3) is 0.176. The number of fused-ring (bicyclic) bond motifs is 1. The second-order valence-electron chi connectivity index (χ2n) is 5.36. The number of sulfonamides is 1. The number of amides is 1. The first-order valence-electron chi connectivity index (χ1n) is 7.47. The Bertz CT molecular complexity index is 949. The maximum absolute atomic E-state index is 13.1. The van der Waals surface area contributed by atoms with Crippen molar-refractivity contribution in [1.29, 1.82) is 5.26 Å². The highest BCUT2D eigenvalue weighted by atomic mass is 32.2. The largest absolute Gasteiger partial charge is 0.476 e. The topological polar surface area (TPSA) is 99.5 Å². The average Bonchev–Trinajstić information content (AvgIpc) is 2.66. The van der Waals surface area contributed by atoms with Gasteiger partial charge in [-0.15, -0.1) is 0 Å². The number of rotatable bonds is 3. The van der Waals surface area contributed by atoms with Crippen LogP contribution < -0.4 is 14.4 Å². The van der Waals surface area contributed by atoms with E-state index in [9.17, 15) is 13.2 Å². The first-order chi connectivity index (χ1) is 12.0. The fourth-order valence-corrected chi connectivity index (χ4v) is 4.03. The predicted molar refractivity (Wildman–Crippen MR) is 90.6 cm³/mol. The lowest BCUT2D eigenvalue weighted by molar-refractivity contribution is -0.127. The Morgan fingerprint density at radius 2 is 1.92 bits per heavy atom. The van der Waals surface area contributed by atoms with Gasteiger partial charge in [0.25, 0.3) is 15.9 Å². The number of carbonyl (C=O) groups excluding carboxylic acids is 1. The Labute approximate surface area is 145 Å². The van der Waals surface area contributed by atoms with Gasteiger partial charge in [0.05, 0.1) is 28.8 Å². The molecule has 3 rings (SSSR count). The number of hydrogen-bond acceptors (Lipinski definition) is 5. The molecule has 0 bridgehead atoms. The number of likely N-dealkylation sites (N-methyl/N-ethyl adjacent to an activating group) is 1. The summed E-state index contributed by atoms with van der Waals surface area (Å²) in [6.45, 7) is -0.140. The Kier molecular flexibility index (Phi) is 4.33. The number of hydrogen-bond donors (Lipinski definition) is 1. The van der Waals surface area contributed by atoms with Gasteiger partial charge in [-0.2, -0.15) is 5.26 Å². The lowest BCUT2D eigenvalue weighted by atomic mass is 10.2. The van der Waals surface area contributed by atoms with E-state index >= 15 is 0 Å². The molecule has 1 heterocycles. The van der Waals surface area contributed by atoms with Crippen molar-refractivity contribution in [3.8, 4) is 11.8 Å². The molecule has 1 amide bonds. The van der Waals surface area contributed by atoms with E-state index in [2.05, 4.69) is 5.32 Å². The summed E-state index contributed by atoms with van der Waals surface area (Å²) in [6.07, 6.45) is -0.951. The van der Waals surface area contributed by atoms with Gasteiger partial charge in [0.2, 0.25) is 0 Å². The lowest BCUT2D eigenvalue weighted by Gasteiger charge is -2.34. The molecule has 1 aliphatic heterocycles. The predicted octanol–water partition coefficient (Wildman–Crippen LogP) is 1.26. The number of nitrogens with zero attached hydrogens (tertiary/aromatic N) is 2. The zero-order chi connectivity index (χ0) is 18.0. The van der Waals surface area contributed by atoms with Gasteiger partial charge in [-0.3, -0.25) is 9.10 Å². The Morgan fingerprint density at radius 3 is 2.56 bits per heavy atom. The van der Waals surface area contributed by atoms with E-state index in [4.69, 9.17) is 10.00 Å². The standard InChI is InChI=1S/C17H15N3O4S/c1-19-17(21)16-11-20(14-4-2-3-5-15(14)24-16)25(22,23)13-8-6-12(10-18)7-9-13/h2-9,16H,11H2,1H3,(H,19,21). The van der Waals surface area contributed by atoms with Crippen LogP contribution in [0.15, 0.2) is 53.4 Å². The van der Waals surface area contributed by atoms with Crippen molar-refractivity contribution < 1.29 is 17.9 Å². The summed E-state index contributed by atoms with van der Waals surface area (Å²) >= 11 is 0. The molecule has 7 nitrogen and oxygen atoms in total. The van der Waals surface area contributed by atoms with E-state index in [0.717, 1.165) is 4.31 Å². The summed E-state index contributed by atoms with van der Waals surface area (Å²) in [5.41, 5.74) is 0.733. The Hall–Kier alpha value is -3.05. The molecule has 0 saturated heterocycles. The number of nitrogens with one attached hydrogen (secondary N) is 1. The molecule has 0 saturated carbocycles.